The molecule has 0 saturated carbocycles. The monoisotopic (exact) mass is 290 g/mol. The van der Waals surface area contributed by atoms with E-state index in [2.05, 4.69) is 0 Å². The third-order valence-electron chi connectivity index (χ3n) is 3.08. The van der Waals surface area contributed by atoms with Crippen LogP contribution >= 0.6 is 11.6 Å². The SMILES string of the molecule is COc1ccc(C(=O)c2cc(C)c(OC)cc2Cl)cc1. The lowest BCUT2D eigenvalue weighted by Gasteiger charge is -2.09. The van der Waals surface area contributed by atoms with Crippen LogP contribution in [0.1, 0.15) is 21.5 Å². The van der Waals surface area contributed by atoms with Gasteiger partial charge in [0.05, 0.1) is 19.2 Å². The van der Waals surface area contributed by atoms with Crippen LogP contribution in [0.15, 0.2) is 36.4 Å². The van der Waals surface area contributed by atoms with Crippen LogP contribution in [0.4, 0.5) is 0 Å². The fourth-order valence-electron chi connectivity index (χ4n) is 1.96. The van der Waals surface area contributed by atoms with E-state index in [1.807, 2.05) is 6.92 Å². The number of rotatable bonds is 4. The first-order chi connectivity index (χ1) is 9.56. The first kappa shape index (κ1) is 14.4. The van der Waals surface area contributed by atoms with E-state index in [9.17, 15) is 4.79 Å². The Bertz CT molecular complexity index is 633. The Morgan fingerprint density at radius 2 is 1.70 bits per heavy atom. The summed E-state index contributed by atoms with van der Waals surface area (Å²) in [5.41, 5.74) is 1.90. The highest BCUT2D eigenvalue weighted by atomic mass is 35.5. The lowest BCUT2D eigenvalue weighted by molar-refractivity contribution is 0.103. The smallest absolute Gasteiger partial charge is 0.194 e. The van der Waals surface area contributed by atoms with Gasteiger partial charge in [-0.3, -0.25) is 4.79 Å². The molecule has 2 rings (SSSR count). The predicted octanol–water partition coefficient (Wildman–Crippen LogP) is 3.90. The minimum Gasteiger partial charge on any atom is -0.497 e. The van der Waals surface area contributed by atoms with Crippen molar-refractivity contribution < 1.29 is 14.3 Å². The van der Waals surface area contributed by atoms with E-state index in [0.717, 1.165) is 5.56 Å². The first-order valence-electron chi connectivity index (χ1n) is 6.09. The van der Waals surface area contributed by atoms with E-state index in [-0.39, 0.29) is 5.78 Å². The molecule has 0 aromatic heterocycles. The Kier molecular flexibility index (Phi) is 4.30. The highest BCUT2D eigenvalue weighted by molar-refractivity contribution is 6.35. The Labute approximate surface area is 123 Å². The molecule has 0 fully saturated rings. The maximum absolute atomic E-state index is 12.5. The molecular formula is C16H15ClO3. The van der Waals surface area contributed by atoms with Crippen molar-refractivity contribution in [3.05, 3.63) is 58.1 Å². The van der Waals surface area contributed by atoms with Gasteiger partial charge in [-0.25, -0.2) is 0 Å². The van der Waals surface area contributed by atoms with Gasteiger partial charge in [-0.15, -0.1) is 0 Å². The second-order valence-electron chi connectivity index (χ2n) is 4.36. The van der Waals surface area contributed by atoms with E-state index in [1.165, 1.54) is 0 Å². The Morgan fingerprint density at radius 1 is 1.05 bits per heavy atom. The van der Waals surface area contributed by atoms with Gasteiger partial charge in [0.25, 0.3) is 0 Å². The molecule has 0 amide bonds. The number of halogens is 1. The fraction of sp³-hybridized carbons (Fsp3) is 0.188. The first-order valence-corrected chi connectivity index (χ1v) is 6.47. The number of methoxy groups -OCH3 is 2. The largest absolute Gasteiger partial charge is 0.497 e. The number of aryl methyl sites for hydroxylation is 1. The number of carbonyl (C=O) groups is 1. The van der Waals surface area contributed by atoms with Gasteiger partial charge in [0, 0.05) is 11.1 Å². The zero-order valence-electron chi connectivity index (χ0n) is 11.6. The molecule has 0 heterocycles. The van der Waals surface area contributed by atoms with Crippen molar-refractivity contribution in [3.8, 4) is 11.5 Å². The molecule has 0 saturated heterocycles. The van der Waals surface area contributed by atoms with E-state index in [0.29, 0.717) is 27.6 Å². The van der Waals surface area contributed by atoms with Crippen LogP contribution in [-0.4, -0.2) is 20.0 Å². The fourth-order valence-corrected chi connectivity index (χ4v) is 2.19. The summed E-state index contributed by atoms with van der Waals surface area (Å²) in [4.78, 5) is 12.5. The zero-order chi connectivity index (χ0) is 14.7. The van der Waals surface area contributed by atoms with Crippen molar-refractivity contribution in [3.63, 3.8) is 0 Å². The minimum atomic E-state index is -0.122. The summed E-state index contributed by atoms with van der Waals surface area (Å²) in [5, 5.41) is 0.383. The summed E-state index contributed by atoms with van der Waals surface area (Å²) in [5.74, 6) is 1.25. The molecule has 0 unspecified atom stereocenters. The molecule has 0 aliphatic rings. The topological polar surface area (TPSA) is 35.5 Å². The average Bonchev–Trinajstić information content (AvgIpc) is 2.48. The molecule has 0 spiro atoms. The maximum atomic E-state index is 12.5. The van der Waals surface area contributed by atoms with Crippen molar-refractivity contribution in [1.82, 2.24) is 0 Å². The molecule has 0 N–H and O–H groups in total. The van der Waals surface area contributed by atoms with Gasteiger partial charge in [0.15, 0.2) is 5.78 Å². The van der Waals surface area contributed by atoms with Gasteiger partial charge in [0.2, 0.25) is 0 Å². The van der Waals surface area contributed by atoms with Gasteiger partial charge < -0.3 is 9.47 Å². The normalized spacial score (nSPS) is 10.2. The van der Waals surface area contributed by atoms with Crippen molar-refractivity contribution in [2.24, 2.45) is 0 Å². The van der Waals surface area contributed by atoms with E-state index >= 15 is 0 Å². The van der Waals surface area contributed by atoms with E-state index in [1.54, 1.807) is 50.6 Å². The lowest BCUT2D eigenvalue weighted by atomic mass is 10.0. The Morgan fingerprint density at radius 3 is 2.25 bits per heavy atom. The number of carbonyl (C=O) groups excluding carboxylic acids is 1. The van der Waals surface area contributed by atoms with Gasteiger partial charge >= 0.3 is 0 Å². The van der Waals surface area contributed by atoms with Crippen LogP contribution in [0.2, 0.25) is 5.02 Å². The molecule has 0 radical (unpaired) electrons. The molecule has 4 heteroatoms. The Hall–Kier alpha value is -2.00. The molecule has 20 heavy (non-hydrogen) atoms. The molecule has 2 aromatic carbocycles. The van der Waals surface area contributed by atoms with Crippen molar-refractivity contribution in [2.45, 2.75) is 6.92 Å². The summed E-state index contributed by atoms with van der Waals surface area (Å²) >= 11 is 6.16. The molecule has 0 atom stereocenters. The molecule has 0 bridgehead atoms. The molecule has 3 nitrogen and oxygen atoms in total. The zero-order valence-corrected chi connectivity index (χ0v) is 12.3. The number of hydrogen-bond acceptors (Lipinski definition) is 3. The number of hydrogen-bond donors (Lipinski definition) is 0. The molecule has 104 valence electrons. The molecular weight excluding hydrogens is 276 g/mol. The highest BCUT2D eigenvalue weighted by Gasteiger charge is 2.15. The van der Waals surface area contributed by atoms with Crippen LogP contribution in [0, 0.1) is 6.92 Å². The second kappa shape index (κ2) is 5.97. The number of ketones is 1. The standard InChI is InChI=1S/C16H15ClO3/c1-10-8-13(14(17)9-15(10)20-3)16(18)11-4-6-12(19-2)7-5-11/h4-9H,1-3H3. The highest BCUT2D eigenvalue weighted by Crippen LogP contribution is 2.28. The summed E-state index contributed by atoms with van der Waals surface area (Å²) in [7, 11) is 3.16. The summed E-state index contributed by atoms with van der Waals surface area (Å²) in [6.45, 7) is 1.87. The number of ether oxygens (including phenoxy) is 2. The Balaban J connectivity index is 2.39. The molecule has 0 aliphatic carbocycles. The summed E-state index contributed by atoms with van der Waals surface area (Å²) in [6, 6.07) is 10.3. The third-order valence-corrected chi connectivity index (χ3v) is 3.39. The van der Waals surface area contributed by atoms with Crippen molar-refractivity contribution in [2.75, 3.05) is 14.2 Å². The van der Waals surface area contributed by atoms with Gasteiger partial charge in [-0.05, 0) is 48.9 Å². The van der Waals surface area contributed by atoms with Gasteiger partial charge in [0.1, 0.15) is 11.5 Å². The predicted molar refractivity (Wildman–Crippen MR) is 79.2 cm³/mol. The molecule has 0 aliphatic heterocycles. The summed E-state index contributed by atoms with van der Waals surface area (Å²) < 4.78 is 10.3. The van der Waals surface area contributed by atoms with Crippen LogP contribution in [0.5, 0.6) is 11.5 Å². The van der Waals surface area contributed by atoms with Crippen LogP contribution in [-0.2, 0) is 0 Å². The number of benzene rings is 2. The van der Waals surface area contributed by atoms with Crippen molar-refractivity contribution in [1.29, 1.82) is 0 Å². The second-order valence-corrected chi connectivity index (χ2v) is 4.77. The summed E-state index contributed by atoms with van der Waals surface area (Å²) in [6.07, 6.45) is 0. The van der Waals surface area contributed by atoms with Gasteiger partial charge in [-0.1, -0.05) is 11.6 Å². The molecule has 2 aromatic rings. The third kappa shape index (κ3) is 2.78. The van der Waals surface area contributed by atoms with E-state index in [4.69, 9.17) is 21.1 Å². The lowest BCUT2D eigenvalue weighted by Crippen LogP contribution is -2.03. The van der Waals surface area contributed by atoms with Crippen LogP contribution in [0.25, 0.3) is 0 Å². The van der Waals surface area contributed by atoms with Crippen LogP contribution in [0.3, 0.4) is 0 Å². The maximum Gasteiger partial charge on any atom is 0.194 e. The van der Waals surface area contributed by atoms with E-state index < -0.39 is 0 Å². The minimum absolute atomic E-state index is 0.122. The van der Waals surface area contributed by atoms with Crippen molar-refractivity contribution >= 4 is 17.4 Å². The van der Waals surface area contributed by atoms with Crippen LogP contribution < -0.4 is 9.47 Å². The average molecular weight is 291 g/mol. The van der Waals surface area contributed by atoms with Gasteiger partial charge in [-0.2, -0.15) is 0 Å². The quantitative estimate of drug-likeness (QED) is 0.801.